The molecule has 0 aliphatic carbocycles. The Balaban J connectivity index is 1.95. The molecule has 0 bridgehead atoms. The first kappa shape index (κ1) is 14.5. The second-order valence-corrected chi connectivity index (χ2v) is 5.71. The van der Waals surface area contributed by atoms with E-state index in [1.54, 1.807) is 30.9 Å². The summed E-state index contributed by atoms with van der Waals surface area (Å²) < 4.78 is 26.5. The number of hydrogen-bond acceptors (Lipinski definition) is 5. The van der Waals surface area contributed by atoms with Gasteiger partial charge in [-0.05, 0) is 23.3 Å². The first-order valence-corrected chi connectivity index (χ1v) is 7.81. The molecule has 0 spiro atoms. The standard InChI is InChI=1S/C16H14N2O3S/c17-16-15(13-5-6-21-9-13)7-14(8-18-16)12-3-1-11(2-4-12)10-22(19)20/h1-9H,10H2,(H2,17,18)(H,19,20)/p-1. The van der Waals surface area contributed by atoms with E-state index in [0.717, 1.165) is 27.8 Å². The molecule has 6 heteroatoms. The van der Waals surface area contributed by atoms with E-state index in [-0.39, 0.29) is 5.75 Å². The van der Waals surface area contributed by atoms with Crippen LogP contribution in [0, 0.1) is 0 Å². The topological polar surface area (TPSA) is 92.2 Å². The van der Waals surface area contributed by atoms with Gasteiger partial charge in [0.1, 0.15) is 5.82 Å². The number of pyridine rings is 1. The lowest BCUT2D eigenvalue weighted by Crippen LogP contribution is -1.95. The maximum atomic E-state index is 10.7. The summed E-state index contributed by atoms with van der Waals surface area (Å²) in [6.07, 6.45) is 4.89. The molecule has 2 heterocycles. The first-order chi connectivity index (χ1) is 10.6. The van der Waals surface area contributed by atoms with Gasteiger partial charge in [-0.15, -0.1) is 0 Å². The first-order valence-electron chi connectivity index (χ1n) is 6.57. The maximum absolute atomic E-state index is 10.7. The third kappa shape index (κ3) is 3.08. The zero-order valence-corrected chi connectivity index (χ0v) is 12.4. The molecule has 0 fully saturated rings. The van der Waals surface area contributed by atoms with Crippen molar-refractivity contribution < 1.29 is 13.2 Å². The van der Waals surface area contributed by atoms with Crippen LogP contribution < -0.4 is 5.73 Å². The lowest BCUT2D eigenvalue weighted by Gasteiger charge is -2.08. The fourth-order valence-corrected chi connectivity index (χ4v) is 2.68. The van der Waals surface area contributed by atoms with Crippen molar-refractivity contribution >= 4 is 16.9 Å². The van der Waals surface area contributed by atoms with Crippen LogP contribution in [-0.4, -0.2) is 13.7 Å². The summed E-state index contributed by atoms with van der Waals surface area (Å²) in [7, 11) is 0. The van der Waals surface area contributed by atoms with E-state index in [9.17, 15) is 8.76 Å². The Kier molecular flexibility index (Phi) is 4.04. The van der Waals surface area contributed by atoms with Gasteiger partial charge < -0.3 is 14.7 Å². The molecule has 0 aliphatic heterocycles. The van der Waals surface area contributed by atoms with E-state index in [2.05, 4.69) is 4.98 Å². The minimum absolute atomic E-state index is 0.0144. The Morgan fingerprint density at radius 3 is 2.55 bits per heavy atom. The number of rotatable bonds is 4. The molecule has 0 radical (unpaired) electrons. The minimum atomic E-state index is -2.08. The lowest BCUT2D eigenvalue weighted by molar-refractivity contribution is 0.536. The monoisotopic (exact) mass is 313 g/mol. The fraction of sp³-hybridized carbons (Fsp3) is 0.0625. The van der Waals surface area contributed by atoms with Gasteiger partial charge >= 0.3 is 0 Å². The van der Waals surface area contributed by atoms with Crippen molar-refractivity contribution in [3.05, 3.63) is 60.7 Å². The largest absolute Gasteiger partial charge is 0.772 e. The lowest BCUT2D eigenvalue weighted by atomic mass is 10.0. The molecule has 1 aromatic carbocycles. The van der Waals surface area contributed by atoms with E-state index in [0.29, 0.717) is 5.82 Å². The predicted octanol–water partition coefficient (Wildman–Crippen LogP) is 2.97. The van der Waals surface area contributed by atoms with Crippen LogP contribution >= 0.6 is 0 Å². The van der Waals surface area contributed by atoms with Crippen LogP contribution in [0.3, 0.4) is 0 Å². The molecule has 1 unspecified atom stereocenters. The van der Waals surface area contributed by atoms with Crippen LogP contribution in [0.5, 0.6) is 0 Å². The number of nitrogen functional groups attached to an aromatic ring is 1. The van der Waals surface area contributed by atoms with E-state index in [1.165, 1.54) is 0 Å². The molecule has 112 valence electrons. The Hall–Kier alpha value is -2.44. The van der Waals surface area contributed by atoms with Gasteiger partial charge in [0.05, 0.1) is 12.5 Å². The average Bonchev–Trinajstić information content (AvgIpc) is 3.02. The highest BCUT2D eigenvalue weighted by molar-refractivity contribution is 7.78. The molecule has 2 aromatic heterocycles. The third-order valence-corrected chi connectivity index (χ3v) is 3.89. The second-order valence-electron chi connectivity index (χ2n) is 4.81. The van der Waals surface area contributed by atoms with E-state index in [1.807, 2.05) is 24.3 Å². The second kappa shape index (κ2) is 6.13. The number of hydrogen-bond donors (Lipinski definition) is 1. The summed E-state index contributed by atoms with van der Waals surface area (Å²) in [5.74, 6) is 0.448. The molecule has 5 nitrogen and oxygen atoms in total. The average molecular weight is 313 g/mol. The number of nitrogens with zero attached hydrogens (tertiary/aromatic N) is 1. The van der Waals surface area contributed by atoms with Crippen molar-refractivity contribution in [2.24, 2.45) is 0 Å². The van der Waals surface area contributed by atoms with Crippen LogP contribution in [0.1, 0.15) is 5.56 Å². The van der Waals surface area contributed by atoms with Gasteiger partial charge in [0.15, 0.2) is 0 Å². The van der Waals surface area contributed by atoms with Crippen molar-refractivity contribution in [1.29, 1.82) is 0 Å². The van der Waals surface area contributed by atoms with Crippen molar-refractivity contribution in [3.63, 3.8) is 0 Å². The summed E-state index contributed by atoms with van der Waals surface area (Å²) in [6, 6.07) is 11.1. The van der Waals surface area contributed by atoms with Crippen LogP contribution in [0.25, 0.3) is 22.3 Å². The number of anilines is 1. The van der Waals surface area contributed by atoms with Crippen molar-refractivity contribution in [1.82, 2.24) is 4.98 Å². The molecule has 22 heavy (non-hydrogen) atoms. The highest BCUT2D eigenvalue weighted by Gasteiger charge is 2.08. The molecule has 2 N–H and O–H groups in total. The molecule has 3 aromatic rings. The summed E-state index contributed by atoms with van der Waals surface area (Å²) in [4.78, 5) is 4.22. The summed E-state index contributed by atoms with van der Waals surface area (Å²) in [5, 5.41) is 0. The SMILES string of the molecule is Nc1ncc(-c2ccc(CS(=O)[O-])cc2)cc1-c1ccoc1. The molecule has 0 saturated heterocycles. The molecular weight excluding hydrogens is 300 g/mol. The zero-order chi connectivity index (χ0) is 15.5. The summed E-state index contributed by atoms with van der Waals surface area (Å²) in [6.45, 7) is 0. The normalized spacial score (nSPS) is 12.2. The molecule has 1 atom stereocenters. The molecule has 0 amide bonds. The Bertz CT molecular complexity index is 799. The van der Waals surface area contributed by atoms with Crippen molar-refractivity contribution in [2.75, 3.05) is 5.73 Å². The number of furan rings is 1. The van der Waals surface area contributed by atoms with Gasteiger partial charge in [-0.3, -0.25) is 4.21 Å². The van der Waals surface area contributed by atoms with Gasteiger partial charge in [-0.25, -0.2) is 4.98 Å². The smallest absolute Gasteiger partial charge is 0.131 e. The zero-order valence-electron chi connectivity index (χ0n) is 11.6. The molecular formula is C16H13N2O3S-. The van der Waals surface area contributed by atoms with Crippen LogP contribution in [0.4, 0.5) is 5.82 Å². The number of aromatic nitrogens is 1. The molecule has 0 aliphatic rings. The maximum Gasteiger partial charge on any atom is 0.131 e. The highest BCUT2D eigenvalue weighted by Crippen LogP contribution is 2.29. The molecule has 3 rings (SSSR count). The van der Waals surface area contributed by atoms with E-state index < -0.39 is 11.1 Å². The highest BCUT2D eigenvalue weighted by atomic mass is 32.2. The van der Waals surface area contributed by atoms with Crippen LogP contribution in [-0.2, 0) is 16.8 Å². The van der Waals surface area contributed by atoms with Crippen LogP contribution in [0.2, 0.25) is 0 Å². The Morgan fingerprint density at radius 2 is 1.91 bits per heavy atom. The Morgan fingerprint density at radius 1 is 1.14 bits per heavy atom. The van der Waals surface area contributed by atoms with Gasteiger partial charge in [0, 0.05) is 28.6 Å². The van der Waals surface area contributed by atoms with Gasteiger partial charge in [0.2, 0.25) is 0 Å². The minimum Gasteiger partial charge on any atom is -0.772 e. The van der Waals surface area contributed by atoms with E-state index >= 15 is 0 Å². The fourth-order valence-electron chi connectivity index (χ4n) is 2.21. The van der Waals surface area contributed by atoms with Crippen LogP contribution in [0.15, 0.2) is 59.5 Å². The Labute approximate surface area is 130 Å². The predicted molar refractivity (Wildman–Crippen MR) is 84.4 cm³/mol. The summed E-state index contributed by atoms with van der Waals surface area (Å²) >= 11 is -2.08. The van der Waals surface area contributed by atoms with Gasteiger partial charge in [0.25, 0.3) is 0 Å². The number of benzene rings is 1. The third-order valence-electron chi connectivity index (χ3n) is 3.32. The molecule has 0 saturated carbocycles. The van der Waals surface area contributed by atoms with Gasteiger partial charge in [-0.1, -0.05) is 35.3 Å². The number of nitrogens with two attached hydrogens (primary N) is 1. The van der Waals surface area contributed by atoms with Crippen molar-refractivity contribution in [2.45, 2.75) is 5.75 Å². The quantitative estimate of drug-likeness (QED) is 0.747. The van der Waals surface area contributed by atoms with Crippen molar-refractivity contribution in [3.8, 4) is 22.3 Å². The summed E-state index contributed by atoms with van der Waals surface area (Å²) in [5.41, 5.74) is 10.2. The van der Waals surface area contributed by atoms with E-state index in [4.69, 9.17) is 10.2 Å². The van der Waals surface area contributed by atoms with Gasteiger partial charge in [-0.2, -0.15) is 0 Å².